The van der Waals surface area contributed by atoms with E-state index in [0.717, 1.165) is 16.4 Å². The van der Waals surface area contributed by atoms with Gasteiger partial charge in [0.05, 0.1) is 6.04 Å². The van der Waals surface area contributed by atoms with Gasteiger partial charge in [-0.05, 0) is 25.3 Å². The van der Waals surface area contributed by atoms with Crippen LogP contribution in [0.25, 0.3) is 11.3 Å². The van der Waals surface area contributed by atoms with E-state index >= 15 is 0 Å². The molecule has 1 unspecified atom stereocenters. The molecule has 112 valence electrons. The van der Waals surface area contributed by atoms with E-state index in [1.54, 1.807) is 18.8 Å². The number of aliphatic imine (C=N–C) groups is 1. The van der Waals surface area contributed by atoms with Crippen LogP contribution in [0.1, 0.15) is 18.7 Å². The number of rotatable bonds is 3. The largest absolute Gasteiger partial charge is 0.356 e. The molecule has 0 saturated heterocycles. The Morgan fingerprint density at radius 2 is 2.19 bits per heavy atom. The summed E-state index contributed by atoms with van der Waals surface area (Å²) in [5.74, 6) is 0.715. The number of hydrogen-bond acceptors (Lipinski definition) is 4. The molecule has 2 aromatic rings. The van der Waals surface area contributed by atoms with Gasteiger partial charge in [0, 0.05) is 30.7 Å². The zero-order valence-electron chi connectivity index (χ0n) is 12.5. The molecule has 1 aromatic heterocycles. The van der Waals surface area contributed by atoms with Crippen molar-refractivity contribution in [2.45, 2.75) is 13.0 Å². The van der Waals surface area contributed by atoms with Crippen LogP contribution < -0.4 is 0 Å². The topological polar surface area (TPSA) is 41.6 Å². The minimum absolute atomic E-state index is 0.0767. The van der Waals surface area contributed by atoms with Gasteiger partial charge in [-0.15, -0.1) is 0 Å². The fraction of sp³-hybridized carbons (Fsp3) is 0.333. The van der Waals surface area contributed by atoms with Crippen molar-refractivity contribution in [3.63, 3.8) is 0 Å². The first kappa shape index (κ1) is 15.9. The predicted octanol–water partition coefficient (Wildman–Crippen LogP) is 4.34. The molecular formula is C15H18ClN3OS. The molecule has 0 amide bonds. The average Bonchev–Trinajstić information content (AvgIpc) is 2.97. The van der Waals surface area contributed by atoms with Gasteiger partial charge in [-0.3, -0.25) is 4.99 Å². The molecule has 1 heterocycles. The maximum Gasteiger partial charge on any atom is 0.167 e. The van der Waals surface area contributed by atoms with Gasteiger partial charge in [0.2, 0.25) is 0 Å². The van der Waals surface area contributed by atoms with Gasteiger partial charge in [-0.1, -0.05) is 40.7 Å². The molecule has 21 heavy (non-hydrogen) atoms. The monoisotopic (exact) mass is 323 g/mol. The summed E-state index contributed by atoms with van der Waals surface area (Å²) in [5.41, 5.74) is 1.79. The number of amidine groups is 1. The number of hydrogen-bond donors (Lipinski definition) is 0. The molecule has 0 spiro atoms. The Labute approximate surface area is 134 Å². The van der Waals surface area contributed by atoms with Crippen LogP contribution in [0.2, 0.25) is 5.02 Å². The first-order valence-corrected chi connectivity index (χ1v) is 8.13. The average molecular weight is 324 g/mol. The highest BCUT2D eigenvalue weighted by atomic mass is 35.5. The Morgan fingerprint density at radius 3 is 2.81 bits per heavy atom. The molecule has 0 aliphatic carbocycles. The summed E-state index contributed by atoms with van der Waals surface area (Å²) in [4.78, 5) is 6.33. The Bertz CT molecular complexity index is 641. The van der Waals surface area contributed by atoms with Crippen molar-refractivity contribution in [2.24, 2.45) is 4.99 Å². The highest BCUT2D eigenvalue weighted by Crippen LogP contribution is 2.27. The van der Waals surface area contributed by atoms with Gasteiger partial charge in [0.15, 0.2) is 10.9 Å². The SMILES string of the molecule is CN=C(SC)N(C)C(C)c1cc(-c2cccc(Cl)c2)on1. The normalized spacial score (nSPS) is 13.3. The van der Waals surface area contributed by atoms with Crippen molar-refractivity contribution in [1.82, 2.24) is 10.1 Å². The van der Waals surface area contributed by atoms with E-state index in [2.05, 4.69) is 22.0 Å². The number of benzene rings is 1. The Balaban J connectivity index is 2.23. The lowest BCUT2D eigenvalue weighted by atomic mass is 10.1. The number of halogens is 1. The van der Waals surface area contributed by atoms with Crippen LogP contribution in [0.3, 0.4) is 0 Å². The third-order valence-corrected chi connectivity index (χ3v) is 4.39. The van der Waals surface area contributed by atoms with E-state index in [1.807, 2.05) is 43.6 Å². The van der Waals surface area contributed by atoms with E-state index in [1.165, 1.54) is 0 Å². The van der Waals surface area contributed by atoms with E-state index in [9.17, 15) is 0 Å². The van der Waals surface area contributed by atoms with E-state index in [-0.39, 0.29) is 6.04 Å². The van der Waals surface area contributed by atoms with Gasteiger partial charge in [-0.25, -0.2) is 0 Å². The molecule has 6 heteroatoms. The lowest BCUT2D eigenvalue weighted by molar-refractivity contribution is 0.362. The van der Waals surface area contributed by atoms with Crippen molar-refractivity contribution in [1.29, 1.82) is 0 Å². The van der Waals surface area contributed by atoms with E-state index in [4.69, 9.17) is 16.1 Å². The fourth-order valence-corrected chi connectivity index (χ4v) is 2.84. The van der Waals surface area contributed by atoms with Crippen molar-refractivity contribution in [3.05, 3.63) is 41.0 Å². The van der Waals surface area contributed by atoms with Crippen LogP contribution in [-0.4, -0.2) is 35.6 Å². The lowest BCUT2D eigenvalue weighted by Crippen LogP contribution is -2.27. The molecule has 2 rings (SSSR count). The first-order valence-electron chi connectivity index (χ1n) is 6.53. The Morgan fingerprint density at radius 1 is 1.43 bits per heavy atom. The van der Waals surface area contributed by atoms with Gasteiger partial charge in [0.25, 0.3) is 0 Å². The minimum Gasteiger partial charge on any atom is -0.356 e. The summed E-state index contributed by atoms with van der Waals surface area (Å²) in [6.45, 7) is 2.07. The molecule has 0 fully saturated rings. The molecule has 1 atom stereocenters. The van der Waals surface area contributed by atoms with Gasteiger partial charge in [0.1, 0.15) is 5.69 Å². The summed E-state index contributed by atoms with van der Waals surface area (Å²) >= 11 is 7.61. The smallest absolute Gasteiger partial charge is 0.167 e. The molecule has 0 radical (unpaired) electrons. The Kier molecular flexibility index (Phi) is 5.31. The van der Waals surface area contributed by atoms with Crippen LogP contribution in [0, 0.1) is 0 Å². The van der Waals surface area contributed by atoms with E-state index in [0.29, 0.717) is 10.8 Å². The van der Waals surface area contributed by atoms with Gasteiger partial charge >= 0.3 is 0 Å². The first-order chi connectivity index (χ1) is 10.1. The zero-order valence-corrected chi connectivity index (χ0v) is 14.1. The predicted molar refractivity (Wildman–Crippen MR) is 90.0 cm³/mol. The van der Waals surface area contributed by atoms with Crippen LogP contribution >= 0.6 is 23.4 Å². The van der Waals surface area contributed by atoms with Crippen molar-refractivity contribution >= 4 is 28.5 Å². The quantitative estimate of drug-likeness (QED) is 0.622. The second-order valence-electron chi connectivity index (χ2n) is 4.62. The highest BCUT2D eigenvalue weighted by molar-refractivity contribution is 8.13. The molecule has 0 N–H and O–H groups in total. The molecular weight excluding hydrogens is 306 g/mol. The fourth-order valence-electron chi connectivity index (χ4n) is 2.02. The number of thioether (sulfide) groups is 1. The van der Waals surface area contributed by atoms with Gasteiger partial charge in [-0.2, -0.15) is 0 Å². The summed E-state index contributed by atoms with van der Waals surface area (Å²) in [5, 5.41) is 5.80. The summed E-state index contributed by atoms with van der Waals surface area (Å²) in [6, 6.07) is 9.56. The third kappa shape index (κ3) is 3.60. The second-order valence-corrected chi connectivity index (χ2v) is 5.83. The van der Waals surface area contributed by atoms with Crippen molar-refractivity contribution in [3.8, 4) is 11.3 Å². The summed E-state index contributed by atoms with van der Waals surface area (Å²) < 4.78 is 5.44. The van der Waals surface area contributed by atoms with Crippen LogP contribution in [0.15, 0.2) is 39.8 Å². The summed E-state index contributed by atoms with van der Waals surface area (Å²) in [7, 11) is 3.78. The number of nitrogens with zero attached hydrogens (tertiary/aromatic N) is 3. The molecule has 0 aliphatic heterocycles. The molecule has 1 aromatic carbocycles. The molecule has 4 nitrogen and oxygen atoms in total. The van der Waals surface area contributed by atoms with Crippen molar-refractivity contribution in [2.75, 3.05) is 20.4 Å². The van der Waals surface area contributed by atoms with Crippen molar-refractivity contribution < 1.29 is 4.52 Å². The summed E-state index contributed by atoms with van der Waals surface area (Å²) in [6.07, 6.45) is 2.01. The minimum atomic E-state index is 0.0767. The highest BCUT2D eigenvalue weighted by Gasteiger charge is 2.19. The van der Waals surface area contributed by atoms with Crippen LogP contribution in [-0.2, 0) is 0 Å². The zero-order chi connectivity index (χ0) is 15.4. The maximum absolute atomic E-state index is 6.00. The maximum atomic E-state index is 6.00. The second kappa shape index (κ2) is 7.00. The van der Waals surface area contributed by atoms with Crippen LogP contribution in [0.4, 0.5) is 0 Å². The molecule has 0 bridgehead atoms. The molecule has 0 saturated carbocycles. The lowest BCUT2D eigenvalue weighted by Gasteiger charge is -2.25. The van der Waals surface area contributed by atoms with Crippen LogP contribution in [0.5, 0.6) is 0 Å². The Hall–Kier alpha value is -1.46. The standard InChI is InChI=1S/C15H18ClN3OS/c1-10(19(3)15(17-2)21-4)13-9-14(20-18-13)11-6-5-7-12(16)8-11/h5-10H,1-4H3. The third-order valence-electron chi connectivity index (χ3n) is 3.32. The molecule has 0 aliphatic rings. The van der Waals surface area contributed by atoms with Gasteiger partial charge < -0.3 is 9.42 Å². The van der Waals surface area contributed by atoms with E-state index < -0.39 is 0 Å². The number of aromatic nitrogens is 1.